The van der Waals surface area contributed by atoms with Crippen LogP contribution in [0.3, 0.4) is 0 Å². The van der Waals surface area contributed by atoms with E-state index in [9.17, 15) is 14.7 Å². The first kappa shape index (κ1) is 21.7. The van der Waals surface area contributed by atoms with E-state index in [0.29, 0.717) is 26.1 Å². The van der Waals surface area contributed by atoms with Crippen LogP contribution in [0.4, 0.5) is 4.79 Å². The van der Waals surface area contributed by atoms with Gasteiger partial charge < -0.3 is 25.2 Å². The summed E-state index contributed by atoms with van der Waals surface area (Å²) in [5.41, 5.74) is -0.510. The van der Waals surface area contributed by atoms with Crippen LogP contribution in [0.1, 0.15) is 53.9 Å². The fourth-order valence-corrected chi connectivity index (χ4v) is 1.84. The van der Waals surface area contributed by atoms with Crippen molar-refractivity contribution in [1.29, 1.82) is 0 Å². The number of carbonyl (C=O) groups is 2. The number of alkyl carbamates (subject to hydrolysis) is 1. The van der Waals surface area contributed by atoms with Crippen LogP contribution in [0.2, 0.25) is 0 Å². The number of hydrogen-bond donors (Lipinski definition) is 3. The van der Waals surface area contributed by atoms with E-state index in [1.165, 1.54) is 0 Å². The van der Waals surface area contributed by atoms with Gasteiger partial charge in [-0.1, -0.05) is 0 Å². The van der Waals surface area contributed by atoms with Gasteiger partial charge in [-0.05, 0) is 53.9 Å². The van der Waals surface area contributed by atoms with E-state index in [1.54, 1.807) is 13.8 Å². The summed E-state index contributed by atoms with van der Waals surface area (Å²) in [6.45, 7) is 9.99. The number of aliphatic hydroxyl groups is 1. The number of nitrogens with one attached hydrogen (secondary N) is 2. The van der Waals surface area contributed by atoms with Gasteiger partial charge in [0.25, 0.3) is 0 Å². The second-order valence-electron chi connectivity index (χ2n) is 6.49. The first-order valence-corrected chi connectivity index (χ1v) is 8.20. The minimum atomic E-state index is -0.527. The van der Waals surface area contributed by atoms with Crippen molar-refractivity contribution >= 4 is 12.1 Å². The Morgan fingerprint density at radius 3 is 2.39 bits per heavy atom. The molecule has 2 atom stereocenters. The molecule has 1 amide bonds. The second kappa shape index (κ2) is 11.2. The van der Waals surface area contributed by atoms with Gasteiger partial charge >= 0.3 is 12.1 Å². The van der Waals surface area contributed by atoms with E-state index in [0.717, 1.165) is 12.8 Å². The number of hydrogen-bond acceptors (Lipinski definition) is 6. The Balaban J connectivity index is 4.02. The normalized spacial score (nSPS) is 14.0. The molecule has 7 nitrogen and oxygen atoms in total. The predicted octanol–water partition coefficient (Wildman–Crippen LogP) is 1.58. The molecule has 0 aromatic heterocycles. The summed E-state index contributed by atoms with van der Waals surface area (Å²) in [5.74, 6) is -0.312. The Bertz CT molecular complexity index is 353. The Kier molecular flexibility index (Phi) is 10.6. The van der Waals surface area contributed by atoms with Crippen LogP contribution in [0.5, 0.6) is 0 Å². The summed E-state index contributed by atoms with van der Waals surface area (Å²) >= 11 is 0. The molecule has 0 saturated carbocycles. The molecule has 7 heteroatoms. The van der Waals surface area contributed by atoms with Gasteiger partial charge in [0.05, 0.1) is 12.7 Å². The minimum absolute atomic E-state index is 0.312. The van der Waals surface area contributed by atoms with Crippen molar-refractivity contribution in [3.05, 3.63) is 0 Å². The summed E-state index contributed by atoms with van der Waals surface area (Å²) in [6.07, 6.45) is 1.09. The Morgan fingerprint density at radius 1 is 1.22 bits per heavy atom. The van der Waals surface area contributed by atoms with Gasteiger partial charge in [-0.3, -0.25) is 4.79 Å². The Labute approximate surface area is 139 Å². The third-order valence-corrected chi connectivity index (χ3v) is 2.82. The van der Waals surface area contributed by atoms with Crippen LogP contribution in [0, 0.1) is 0 Å². The van der Waals surface area contributed by atoms with E-state index >= 15 is 0 Å². The van der Waals surface area contributed by atoms with E-state index < -0.39 is 23.8 Å². The van der Waals surface area contributed by atoms with Crippen molar-refractivity contribution in [1.82, 2.24) is 10.6 Å². The molecule has 3 N–H and O–H groups in total. The molecular formula is C16H32N2O5. The molecule has 0 aromatic rings. The number of amides is 1. The highest BCUT2D eigenvalue weighted by Crippen LogP contribution is 2.07. The van der Waals surface area contributed by atoms with Gasteiger partial charge in [-0.2, -0.15) is 0 Å². The second-order valence-corrected chi connectivity index (χ2v) is 6.49. The van der Waals surface area contributed by atoms with Crippen LogP contribution >= 0.6 is 0 Å². The number of carbonyl (C=O) groups excluding carboxylic acids is 2. The van der Waals surface area contributed by atoms with Crippen molar-refractivity contribution in [3.8, 4) is 0 Å². The lowest BCUT2D eigenvalue weighted by molar-refractivity contribution is -0.146. The lowest BCUT2D eigenvalue weighted by Crippen LogP contribution is -2.41. The molecule has 0 aliphatic carbocycles. The molecule has 0 aromatic carbocycles. The van der Waals surface area contributed by atoms with Crippen LogP contribution in [-0.2, 0) is 14.3 Å². The fourth-order valence-electron chi connectivity index (χ4n) is 1.84. The first-order chi connectivity index (χ1) is 10.7. The predicted molar refractivity (Wildman–Crippen MR) is 88.2 cm³/mol. The van der Waals surface area contributed by atoms with Gasteiger partial charge in [0.2, 0.25) is 0 Å². The molecule has 0 fully saturated rings. The fraction of sp³-hybridized carbons (Fsp3) is 0.875. The minimum Gasteiger partial charge on any atom is -0.465 e. The van der Waals surface area contributed by atoms with Crippen molar-refractivity contribution in [2.45, 2.75) is 71.6 Å². The first-order valence-electron chi connectivity index (χ1n) is 8.20. The molecule has 2 unspecified atom stereocenters. The highest BCUT2D eigenvalue weighted by atomic mass is 16.6. The Morgan fingerprint density at radius 2 is 1.87 bits per heavy atom. The molecular weight excluding hydrogens is 300 g/mol. The van der Waals surface area contributed by atoms with Gasteiger partial charge in [-0.15, -0.1) is 0 Å². The summed E-state index contributed by atoms with van der Waals surface area (Å²) in [7, 11) is 0. The lowest BCUT2D eigenvalue weighted by Gasteiger charge is -2.20. The van der Waals surface area contributed by atoms with E-state index in [1.807, 2.05) is 20.8 Å². The Hall–Kier alpha value is -1.34. The standard InChI is InChI=1S/C16H32N2O5/c1-6-22-14(20)13(18-11-12(2)19)9-7-8-10-17-15(21)23-16(3,4)5/h12-13,18-19H,6-11H2,1-5H3,(H,17,21). The van der Waals surface area contributed by atoms with Crippen molar-refractivity contribution < 1.29 is 24.2 Å². The summed E-state index contributed by atoms with van der Waals surface area (Å²) in [6, 6.07) is -0.439. The molecule has 0 aliphatic rings. The van der Waals surface area contributed by atoms with E-state index in [-0.39, 0.29) is 5.97 Å². The lowest BCUT2D eigenvalue weighted by atomic mass is 10.1. The largest absolute Gasteiger partial charge is 0.465 e. The van der Waals surface area contributed by atoms with E-state index in [4.69, 9.17) is 9.47 Å². The van der Waals surface area contributed by atoms with Gasteiger partial charge in [0, 0.05) is 13.1 Å². The van der Waals surface area contributed by atoms with Crippen LogP contribution in [0.15, 0.2) is 0 Å². The summed E-state index contributed by atoms with van der Waals surface area (Å²) in [5, 5.41) is 15.0. The quantitative estimate of drug-likeness (QED) is 0.415. The van der Waals surface area contributed by atoms with Crippen LogP contribution in [0.25, 0.3) is 0 Å². The smallest absolute Gasteiger partial charge is 0.407 e. The molecule has 0 radical (unpaired) electrons. The molecule has 23 heavy (non-hydrogen) atoms. The summed E-state index contributed by atoms with van der Waals surface area (Å²) < 4.78 is 10.1. The SMILES string of the molecule is CCOC(=O)C(CCCCNC(=O)OC(C)(C)C)NCC(C)O. The van der Waals surface area contributed by atoms with Gasteiger partial charge in [0.1, 0.15) is 11.6 Å². The maximum Gasteiger partial charge on any atom is 0.407 e. The molecule has 0 heterocycles. The number of rotatable bonds is 10. The monoisotopic (exact) mass is 332 g/mol. The van der Waals surface area contributed by atoms with Gasteiger partial charge in [-0.25, -0.2) is 4.79 Å². The highest BCUT2D eigenvalue weighted by molar-refractivity contribution is 5.75. The molecule has 136 valence electrons. The van der Waals surface area contributed by atoms with Gasteiger partial charge in [0.15, 0.2) is 0 Å². The molecule has 0 saturated heterocycles. The third-order valence-electron chi connectivity index (χ3n) is 2.82. The summed E-state index contributed by atoms with van der Waals surface area (Å²) in [4.78, 5) is 23.3. The number of esters is 1. The molecule has 0 bridgehead atoms. The number of ether oxygens (including phenoxy) is 2. The average molecular weight is 332 g/mol. The van der Waals surface area contributed by atoms with E-state index in [2.05, 4.69) is 10.6 Å². The van der Waals surface area contributed by atoms with Crippen molar-refractivity contribution in [2.75, 3.05) is 19.7 Å². The zero-order valence-corrected chi connectivity index (χ0v) is 15.0. The zero-order chi connectivity index (χ0) is 17.9. The molecule has 0 spiro atoms. The average Bonchev–Trinajstić information content (AvgIpc) is 2.39. The maximum atomic E-state index is 11.8. The van der Waals surface area contributed by atoms with Crippen LogP contribution in [-0.4, -0.2) is 54.6 Å². The van der Waals surface area contributed by atoms with Crippen molar-refractivity contribution in [2.24, 2.45) is 0 Å². The van der Waals surface area contributed by atoms with Crippen molar-refractivity contribution in [3.63, 3.8) is 0 Å². The highest BCUT2D eigenvalue weighted by Gasteiger charge is 2.19. The third kappa shape index (κ3) is 12.9. The maximum absolute atomic E-state index is 11.8. The molecule has 0 aliphatic heterocycles. The zero-order valence-electron chi connectivity index (χ0n) is 15.0. The number of unbranched alkanes of at least 4 members (excludes halogenated alkanes) is 1. The topological polar surface area (TPSA) is 96.9 Å². The molecule has 0 rings (SSSR count). The van der Waals surface area contributed by atoms with Crippen LogP contribution < -0.4 is 10.6 Å². The number of aliphatic hydroxyl groups excluding tert-OH is 1.